The van der Waals surface area contributed by atoms with Crippen LogP contribution in [0.4, 0.5) is 30.8 Å². The molecule has 3 rings (SSSR count). The Morgan fingerprint density at radius 3 is 2.41 bits per heavy atom. The van der Waals surface area contributed by atoms with Crippen molar-refractivity contribution in [1.82, 2.24) is 25.2 Å². The molecule has 0 aliphatic rings. The number of anilines is 3. The van der Waals surface area contributed by atoms with Gasteiger partial charge in [-0.05, 0) is 36.9 Å². The fourth-order valence-electron chi connectivity index (χ4n) is 2.85. The molecule has 0 spiro atoms. The Hall–Kier alpha value is -2.87. The minimum Gasteiger partial charge on any atom is -0.368 e. The summed E-state index contributed by atoms with van der Waals surface area (Å²) >= 11 is 6.21. The summed E-state index contributed by atoms with van der Waals surface area (Å²) in [6.07, 6.45) is -4.74. The number of aromatic nitrogens is 3. The molecule has 9 nitrogen and oxygen atoms in total. The van der Waals surface area contributed by atoms with E-state index in [-0.39, 0.29) is 45.2 Å². The molecule has 0 amide bonds. The van der Waals surface area contributed by atoms with Gasteiger partial charge in [-0.2, -0.15) is 18.2 Å². The third-order valence-electron chi connectivity index (χ3n) is 4.27. The quantitative estimate of drug-likeness (QED) is 0.307. The van der Waals surface area contributed by atoms with Crippen molar-refractivity contribution < 1.29 is 21.6 Å². The van der Waals surface area contributed by atoms with Crippen molar-refractivity contribution >= 4 is 39.2 Å². The molecule has 6 N–H and O–H groups in total. The Morgan fingerprint density at radius 1 is 1.16 bits per heavy atom. The van der Waals surface area contributed by atoms with Gasteiger partial charge in [0.25, 0.3) is 0 Å². The number of nitrogen functional groups attached to an aromatic ring is 1. The highest BCUT2D eigenvalue weighted by molar-refractivity contribution is 7.89. The molecule has 0 radical (unpaired) electrons. The van der Waals surface area contributed by atoms with Crippen molar-refractivity contribution in [1.29, 1.82) is 0 Å². The van der Waals surface area contributed by atoms with Crippen LogP contribution in [0.15, 0.2) is 41.3 Å². The molecule has 0 saturated carbocycles. The van der Waals surface area contributed by atoms with Crippen LogP contribution >= 0.6 is 11.6 Å². The molecule has 0 fully saturated rings. The van der Waals surface area contributed by atoms with Gasteiger partial charge in [-0.15, -0.1) is 5.10 Å². The van der Waals surface area contributed by atoms with Gasteiger partial charge in [0, 0.05) is 24.3 Å². The van der Waals surface area contributed by atoms with E-state index in [0.717, 1.165) is 6.07 Å². The first-order chi connectivity index (χ1) is 15.0. The molecule has 32 heavy (non-hydrogen) atoms. The zero-order valence-corrected chi connectivity index (χ0v) is 18.2. The number of nitrogens with two attached hydrogens (primary N) is 1. The summed E-state index contributed by atoms with van der Waals surface area (Å²) in [5, 5.41) is 11.3. The van der Waals surface area contributed by atoms with Gasteiger partial charge in [-0.25, -0.2) is 18.2 Å². The van der Waals surface area contributed by atoms with Crippen LogP contribution < -0.4 is 21.1 Å². The number of H-pyrrole nitrogens is 1. The third-order valence-corrected chi connectivity index (χ3v) is 6.05. The number of halogens is 4. The lowest BCUT2D eigenvalue weighted by molar-refractivity contribution is -0.137. The standard InChI is InChI=1S/C18H19ClF3N7O2S/c1-24-6-7-25-32(30,31)12-4-2-10(3-5-12)15-13(18(20,21)22)8-11(9-14(15)19)26-17-27-16(23)28-29-17/h2-5,8-9,24-25H,6-7H2,1H3,(H4,23,26,27,28,29). The molecule has 3 aromatic rings. The zero-order valence-electron chi connectivity index (χ0n) is 16.6. The number of likely N-dealkylation sites (N-methyl/N-ethyl adjacent to an activating group) is 1. The fourth-order valence-corrected chi connectivity index (χ4v) is 4.21. The van der Waals surface area contributed by atoms with E-state index < -0.39 is 21.8 Å². The number of sulfonamides is 1. The molecule has 0 aliphatic heterocycles. The van der Waals surface area contributed by atoms with Crippen LogP contribution in [0.25, 0.3) is 11.1 Å². The van der Waals surface area contributed by atoms with Crippen LogP contribution in [0.1, 0.15) is 5.56 Å². The molecule has 2 aromatic carbocycles. The average Bonchev–Trinajstić information content (AvgIpc) is 3.11. The highest BCUT2D eigenvalue weighted by atomic mass is 35.5. The number of hydrogen-bond acceptors (Lipinski definition) is 7. The molecule has 14 heteroatoms. The summed E-state index contributed by atoms with van der Waals surface area (Å²) in [7, 11) is -2.13. The maximum absolute atomic E-state index is 13.8. The van der Waals surface area contributed by atoms with Crippen LogP contribution in [-0.2, 0) is 16.2 Å². The van der Waals surface area contributed by atoms with E-state index in [0.29, 0.717) is 6.54 Å². The molecular weight excluding hydrogens is 471 g/mol. The molecule has 0 saturated heterocycles. The number of rotatable bonds is 8. The van der Waals surface area contributed by atoms with Crippen LogP contribution in [-0.4, -0.2) is 43.7 Å². The molecule has 172 valence electrons. The van der Waals surface area contributed by atoms with Gasteiger partial charge in [0.15, 0.2) is 0 Å². The van der Waals surface area contributed by atoms with Crippen LogP contribution in [0.5, 0.6) is 0 Å². The van der Waals surface area contributed by atoms with Gasteiger partial charge < -0.3 is 16.4 Å². The van der Waals surface area contributed by atoms with Gasteiger partial charge >= 0.3 is 6.18 Å². The van der Waals surface area contributed by atoms with E-state index in [9.17, 15) is 21.6 Å². The minimum absolute atomic E-state index is 0.00185. The van der Waals surface area contributed by atoms with Gasteiger partial charge in [0.1, 0.15) is 0 Å². The van der Waals surface area contributed by atoms with Crippen molar-refractivity contribution in [3.05, 3.63) is 47.0 Å². The summed E-state index contributed by atoms with van der Waals surface area (Å²) in [4.78, 5) is 3.70. The first-order valence-corrected chi connectivity index (χ1v) is 11.0. The van der Waals surface area contributed by atoms with Crippen molar-refractivity contribution in [2.24, 2.45) is 0 Å². The number of aromatic amines is 1. The maximum atomic E-state index is 13.8. The number of nitrogens with zero attached hydrogens (tertiary/aromatic N) is 2. The monoisotopic (exact) mass is 489 g/mol. The van der Waals surface area contributed by atoms with E-state index >= 15 is 0 Å². The lowest BCUT2D eigenvalue weighted by atomic mass is 9.98. The Labute approximate surface area is 186 Å². The number of nitrogens with one attached hydrogen (secondary N) is 4. The predicted octanol–water partition coefficient (Wildman–Crippen LogP) is 2.97. The Morgan fingerprint density at radius 2 is 1.84 bits per heavy atom. The third kappa shape index (κ3) is 5.48. The molecule has 0 bridgehead atoms. The largest absolute Gasteiger partial charge is 0.417 e. The highest BCUT2D eigenvalue weighted by Gasteiger charge is 2.35. The molecule has 0 unspecified atom stereocenters. The molecular formula is C18H19ClF3N7O2S. The Kier molecular flexibility index (Phi) is 6.93. The molecule has 1 heterocycles. The van der Waals surface area contributed by atoms with E-state index in [1.165, 1.54) is 30.3 Å². The zero-order chi connectivity index (χ0) is 23.5. The number of benzene rings is 2. The number of alkyl halides is 3. The lowest BCUT2D eigenvalue weighted by Crippen LogP contribution is -2.30. The topological polar surface area (TPSA) is 138 Å². The number of hydrogen-bond donors (Lipinski definition) is 5. The average molecular weight is 490 g/mol. The van der Waals surface area contributed by atoms with Gasteiger partial charge in [0.05, 0.1) is 15.5 Å². The van der Waals surface area contributed by atoms with Gasteiger partial charge in [-0.3, -0.25) is 0 Å². The van der Waals surface area contributed by atoms with Crippen molar-refractivity contribution in [2.75, 3.05) is 31.2 Å². The second-order valence-electron chi connectivity index (χ2n) is 6.57. The van der Waals surface area contributed by atoms with Gasteiger partial charge in [-0.1, -0.05) is 23.7 Å². The van der Waals surface area contributed by atoms with Crippen molar-refractivity contribution in [2.45, 2.75) is 11.1 Å². The summed E-state index contributed by atoms with van der Waals surface area (Å²) in [5.41, 5.74) is 4.21. The van der Waals surface area contributed by atoms with Crippen molar-refractivity contribution in [3.63, 3.8) is 0 Å². The normalized spacial score (nSPS) is 12.2. The summed E-state index contributed by atoms with van der Waals surface area (Å²) in [6, 6.07) is 7.12. The molecule has 0 aliphatic carbocycles. The first-order valence-electron chi connectivity index (χ1n) is 9.11. The van der Waals surface area contributed by atoms with E-state index in [4.69, 9.17) is 17.3 Å². The summed E-state index contributed by atoms with van der Waals surface area (Å²) < 4.78 is 68.4. The van der Waals surface area contributed by atoms with E-state index in [1.54, 1.807) is 7.05 Å². The fraction of sp³-hybridized carbons (Fsp3) is 0.222. The van der Waals surface area contributed by atoms with Crippen LogP contribution in [0, 0.1) is 0 Å². The van der Waals surface area contributed by atoms with Crippen LogP contribution in [0.2, 0.25) is 5.02 Å². The second-order valence-corrected chi connectivity index (χ2v) is 8.75. The summed E-state index contributed by atoms with van der Waals surface area (Å²) in [5.74, 6) is -0.0403. The van der Waals surface area contributed by atoms with Crippen molar-refractivity contribution in [3.8, 4) is 11.1 Å². The Balaban J connectivity index is 1.98. The van der Waals surface area contributed by atoms with E-state index in [2.05, 4.69) is 30.5 Å². The predicted molar refractivity (Wildman–Crippen MR) is 115 cm³/mol. The van der Waals surface area contributed by atoms with Gasteiger partial charge in [0.2, 0.25) is 21.9 Å². The highest BCUT2D eigenvalue weighted by Crippen LogP contribution is 2.43. The minimum atomic E-state index is -4.74. The van der Waals surface area contributed by atoms with Crippen LogP contribution in [0.3, 0.4) is 0 Å². The smallest absolute Gasteiger partial charge is 0.368 e. The first kappa shape index (κ1) is 23.8. The molecule has 1 aromatic heterocycles. The SMILES string of the molecule is CNCCNS(=O)(=O)c1ccc(-c2c(Cl)cc(Nc3n[nH]c(N)n3)cc2C(F)(F)F)cc1. The lowest BCUT2D eigenvalue weighted by Gasteiger charge is -2.17. The maximum Gasteiger partial charge on any atom is 0.417 e. The summed E-state index contributed by atoms with van der Waals surface area (Å²) in [6.45, 7) is 0.582. The second kappa shape index (κ2) is 9.32. The molecule has 0 atom stereocenters. The Bertz CT molecular complexity index is 1200. The van der Waals surface area contributed by atoms with E-state index in [1.807, 2.05) is 0 Å².